The summed E-state index contributed by atoms with van der Waals surface area (Å²) in [7, 11) is 1.41. The number of rotatable bonds is 6. The third kappa shape index (κ3) is 3.98. The van der Waals surface area contributed by atoms with Crippen LogP contribution < -0.4 is 15.0 Å². The standard InChI is InChI=1S/C26H22F3N5O3/c1-15-14-33-22(20(13-31-33)32-23(35)16-3-8-21(37-2)17(11-16)12-30)24(36)34(15)19-6-4-18(5-7-19)26(28,29)25(27)9-10-25/h3-8,11,13,15H,9-10,14H2,1-2H3,(H,32,35)/t15-/m0/s1. The number of nitriles is 1. The van der Waals surface area contributed by atoms with Crippen LogP contribution in [-0.2, 0) is 12.5 Å². The van der Waals surface area contributed by atoms with Crippen molar-refractivity contribution in [1.82, 2.24) is 9.78 Å². The van der Waals surface area contributed by atoms with Gasteiger partial charge in [-0.2, -0.15) is 19.1 Å². The van der Waals surface area contributed by atoms with E-state index in [-0.39, 0.29) is 41.4 Å². The summed E-state index contributed by atoms with van der Waals surface area (Å²) < 4.78 is 49.7. The van der Waals surface area contributed by atoms with Gasteiger partial charge in [-0.15, -0.1) is 0 Å². The summed E-state index contributed by atoms with van der Waals surface area (Å²) in [6.07, 6.45) is 0.989. The molecule has 1 aliphatic heterocycles. The lowest BCUT2D eigenvalue weighted by molar-refractivity contribution is -0.0939. The van der Waals surface area contributed by atoms with E-state index in [1.807, 2.05) is 6.07 Å². The van der Waals surface area contributed by atoms with Gasteiger partial charge in [0.05, 0.1) is 37.1 Å². The number of halogens is 3. The first-order chi connectivity index (χ1) is 17.6. The molecule has 190 valence electrons. The van der Waals surface area contributed by atoms with Crippen LogP contribution in [0.2, 0.25) is 0 Å². The zero-order valence-corrected chi connectivity index (χ0v) is 20.0. The first kappa shape index (κ1) is 24.4. The van der Waals surface area contributed by atoms with E-state index >= 15 is 0 Å². The molecule has 0 radical (unpaired) electrons. The fourth-order valence-corrected chi connectivity index (χ4v) is 4.50. The van der Waals surface area contributed by atoms with Gasteiger partial charge in [0, 0.05) is 16.8 Å². The molecular weight excluding hydrogens is 487 g/mol. The summed E-state index contributed by atoms with van der Waals surface area (Å²) in [5.74, 6) is -4.32. The lowest BCUT2D eigenvalue weighted by atomic mass is 10.0. The average Bonchev–Trinajstić information content (AvgIpc) is 3.53. The topological polar surface area (TPSA) is 100 Å². The maximum absolute atomic E-state index is 14.5. The summed E-state index contributed by atoms with van der Waals surface area (Å²) in [6.45, 7) is 2.08. The molecule has 1 N–H and O–H groups in total. The third-order valence-electron chi connectivity index (χ3n) is 6.73. The number of hydrogen-bond donors (Lipinski definition) is 1. The highest BCUT2D eigenvalue weighted by Gasteiger charge is 2.64. The van der Waals surface area contributed by atoms with Crippen LogP contribution >= 0.6 is 0 Å². The molecular formula is C26H22F3N5O3. The molecule has 1 aliphatic carbocycles. The maximum Gasteiger partial charge on any atom is 0.306 e. The Morgan fingerprint density at radius 1 is 1.24 bits per heavy atom. The number of anilines is 2. The van der Waals surface area contributed by atoms with Crippen LogP contribution in [0.15, 0.2) is 48.7 Å². The van der Waals surface area contributed by atoms with Gasteiger partial charge in [-0.05, 0) is 50.1 Å². The van der Waals surface area contributed by atoms with Crippen molar-refractivity contribution in [3.05, 3.63) is 71.0 Å². The highest BCUT2D eigenvalue weighted by atomic mass is 19.3. The predicted octanol–water partition coefficient (Wildman–Crippen LogP) is 4.66. The van der Waals surface area contributed by atoms with Crippen LogP contribution in [0.25, 0.3) is 0 Å². The zero-order chi connectivity index (χ0) is 26.5. The number of ether oxygens (including phenoxy) is 1. The Bertz CT molecular complexity index is 1440. The van der Waals surface area contributed by atoms with Gasteiger partial charge in [0.25, 0.3) is 11.8 Å². The lowest BCUT2D eigenvalue weighted by Gasteiger charge is -2.34. The number of benzene rings is 2. The number of nitrogens with zero attached hydrogens (tertiary/aromatic N) is 4. The van der Waals surface area contributed by atoms with Crippen molar-refractivity contribution < 1.29 is 27.5 Å². The highest BCUT2D eigenvalue weighted by Crippen LogP contribution is 2.56. The molecule has 37 heavy (non-hydrogen) atoms. The van der Waals surface area contributed by atoms with Crippen molar-refractivity contribution in [2.45, 2.75) is 43.9 Å². The van der Waals surface area contributed by atoms with Crippen molar-refractivity contribution in [3.63, 3.8) is 0 Å². The molecule has 3 aromatic rings. The van der Waals surface area contributed by atoms with Crippen LogP contribution in [0.1, 0.15) is 51.7 Å². The molecule has 0 saturated heterocycles. The van der Waals surface area contributed by atoms with Gasteiger partial charge >= 0.3 is 5.92 Å². The van der Waals surface area contributed by atoms with Gasteiger partial charge in [0.2, 0.25) is 0 Å². The smallest absolute Gasteiger partial charge is 0.306 e. The number of carbonyl (C=O) groups is 2. The zero-order valence-electron chi connectivity index (χ0n) is 20.0. The Hall–Kier alpha value is -4.33. The molecule has 2 aromatic carbocycles. The Balaban J connectivity index is 1.40. The van der Waals surface area contributed by atoms with Gasteiger partial charge in [-0.1, -0.05) is 12.1 Å². The van der Waals surface area contributed by atoms with Crippen molar-refractivity contribution in [3.8, 4) is 11.8 Å². The Morgan fingerprint density at radius 2 is 1.95 bits per heavy atom. The number of carbonyl (C=O) groups excluding carboxylic acids is 2. The molecule has 1 atom stereocenters. The molecule has 2 amide bonds. The summed E-state index contributed by atoms with van der Waals surface area (Å²) in [5, 5.41) is 16.2. The molecule has 0 unspecified atom stereocenters. The second-order valence-corrected chi connectivity index (χ2v) is 9.18. The molecule has 1 saturated carbocycles. The highest BCUT2D eigenvalue weighted by molar-refractivity contribution is 6.13. The van der Waals surface area contributed by atoms with Crippen molar-refractivity contribution in [2.24, 2.45) is 0 Å². The van der Waals surface area contributed by atoms with E-state index in [4.69, 9.17) is 4.74 Å². The third-order valence-corrected chi connectivity index (χ3v) is 6.73. The van der Waals surface area contributed by atoms with Crippen molar-refractivity contribution in [2.75, 3.05) is 17.3 Å². The van der Waals surface area contributed by atoms with Crippen LogP contribution in [0.5, 0.6) is 5.75 Å². The fraction of sp³-hybridized carbons (Fsp3) is 0.308. The average molecular weight is 509 g/mol. The Labute approximate surface area is 210 Å². The molecule has 0 spiro atoms. The predicted molar refractivity (Wildman–Crippen MR) is 128 cm³/mol. The summed E-state index contributed by atoms with van der Waals surface area (Å²) in [4.78, 5) is 27.8. The minimum absolute atomic E-state index is 0.121. The van der Waals surface area contributed by atoms with Gasteiger partial charge in [-0.3, -0.25) is 14.3 Å². The number of amides is 2. The Kier molecular flexibility index (Phi) is 5.70. The number of hydrogen-bond acceptors (Lipinski definition) is 5. The quantitative estimate of drug-likeness (QED) is 0.521. The normalized spacial score (nSPS) is 18.1. The summed E-state index contributed by atoms with van der Waals surface area (Å²) >= 11 is 0. The molecule has 5 rings (SSSR count). The fourth-order valence-electron chi connectivity index (χ4n) is 4.50. The van der Waals surface area contributed by atoms with E-state index in [1.165, 1.54) is 53.2 Å². The molecule has 8 nitrogen and oxygen atoms in total. The van der Waals surface area contributed by atoms with E-state index in [0.29, 0.717) is 18.0 Å². The largest absolute Gasteiger partial charge is 0.495 e. The molecule has 0 bridgehead atoms. The van der Waals surface area contributed by atoms with Gasteiger partial charge in [0.1, 0.15) is 17.5 Å². The SMILES string of the molecule is COc1ccc(C(=O)Nc2cnn3c2C(=O)N(c2ccc(C(F)(F)C4(F)CC4)cc2)[C@@H](C)C3)cc1C#N. The van der Waals surface area contributed by atoms with E-state index < -0.39 is 29.0 Å². The summed E-state index contributed by atoms with van der Waals surface area (Å²) in [6, 6.07) is 11.0. The summed E-state index contributed by atoms with van der Waals surface area (Å²) in [5.41, 5.74) is -1.95. The maximum atomic E-state index is 14.5. The van der Waals surface area contributed by atoms with Crippen LogP contribution in [-0.4, -0.2) is 40.4 Å². The molecule has 2 heterocycles. The lowest BCUT2D eigenvalue weighted by Crippen LogP contribution is -2.47. The van der Waals surface area contributed by atoms with Gasteiger partial charge in [-0.25, -0.2) is 4.39 Å². The molecule has 1 aromatic heterocycles. The minimum Gasteiger partial charge on any atom is -0.495 e. The van der Waals surface area contributed by atoms with E-state index in [2.05, 4.69) is 10.4 Å². The van der Waals surface area contributed by atoms with Crippen molar-refractivity contribution in [1.29, 1.82) is 5.26 Å². The van der Waals surface area contributed by atoms with Gasteiger partial charge < -0.3 is 15.0 Å². The first-order valence-electron chi connectivity index (χ1n) is 11.6. The van der Waals surface area contributed by atoms with Gasteiger partial charge in [0.15, 0.2) is 5.67 Å². The van der Waals surface area contributed by atoms with Crippen molar-refractivity contribution >= 4 is 23.2 Å². The molecule has 1 fully saturated rings. The number of fused-ring (bicyclic) bond motifs is 1. The molecule has 11 heteroatoms. The second-order valence-electron chi connectivity index (χ2n) is 9.18. The van der Waals surface area contributed by atoms with Crippen LogP contribution in [0.4, 0.5) is 24.5 Å². The van der Waals surface area contributed by atoms with Crippen LogP contribution in [0, 0.1) is 11.3 Å². The second kappa shape index (κ2) is 8.65. The number of methoxy groups -OCH3 is 1. The number of nitrogens with one attached hydrogen (secondary N) is 1. The minimum atomic E-state index is -3.61. The van der Waals surface area contributed by atoms with E-state index in [1.54, 1.807) is 6.92 Å². The van der Waals surface area contributed by atoms with E-state index in [0.717, 1.165) is 12.1 Å². The molecule has 2 aliphatic rings. The first-order valence-corrected chi connectivity index (χ1v) is 11.6. The number of aromatic nitrogens is 2. The van der Waals surface area contributed by atoms with E-state index in [9.17, 15) is 28.0 Å². The number of alkyl halides is 3. The van der Waals surface area contributed by atoms with Crippen LogP contribution in [0.3, 0.4) is 0 Å². The monoisotopic (exact) mass is 509 g/mol. The Morgan fingerprint density at radius 3 is 2.57 bits per heavy atom.